The first-order valence-electron chi connectivity index (χ1n) is 7.83. The van der Waals surface area contributed by atoms with Crippen LogP contribution in [0.15, 0.2) is 30.3 Å². The lowest BCUT2D eigenvalue weighted by atomic mass is 10.0. The third-order valence-corrected chi connectivity index (χ3v) is 4.71. The van der Waals surface area contributed by atoms with Gasteiger partial charge in [-0.1, -0.05) is 30.4 Å². The van der Waals surface area contributed by atoms with Crippen LogP contribution in [0.25, 0.3) is 11.0 Å². The molecule has 3 rings (SSSR count). The van der Waals surface area contributed by atoms with Crippen molar-refractivity contribution in [2.24, 2.45) is 12.8 Å². The molecule has 0 bridgehead atoms. The Bertz CT molecular complexity index is 923. The van der Waals surface area contributed by atoms with Crippen molar-refractivity contribution < 1.29 is 4.74 Å². The normalized spacial score (nSPS) is 11.0. The summed E-state index contributed by atoms with van der Waals surface area (Å²) in [6, 6.07) is 10.1. The molecular weight excluding hydrogens is 318 g/mol. The van der Waals surface area contributed by atoms with Gasteiger partial charge in [-0.3, -0.25) is 0 Å². The standard InChI is InChI=1S/C19H21N3OS/c1-11-6-5-7-12(2)15(11)10-23-17-9-14(19(20)24)8-16-18(17)21-13(3)22(16)4/h5-9H,10H2,1-4H3,(H2,20,24). The van der Waals surface area contributed by atoms with E-state index >= 15 is 0 Å². The van der Waals surface area contributed by atoms with E-state index in [9.17, 15) is 0 Å². The molecule has 5 heteroatoms. The van der Waals surface area contributed by atoms with Crippen LogP contribution in [0.2, 0.25) is 0 Å². The second-order valence-electron chi connectivity index (χ2n) is 6.08. The van der Waals surface area contributed by atoms with E-state index in [1.54, 1.807) is 0 Å². The van der Waals surface area contributed by atoms with E-state index < -0.39 is 0 Å². The van der Waals surface area contributed by atoms with Crippen LogP contribution in [0.5, 0.6) is 5.75 Å². The van der Waals surface area contributed by atoms with Gasteiger partial charge in [0, 0.05) is 12.6 Å². The molecular formula is C19H21N3OS. The van der Waals surface area contributed by atoms with Gasteiger partial charge in [0.15, 0.2) is 0 Å². The van der Waals surface area contributed by atoms with Gasteiger partial charge in [-0.25, -0.2) is 4.98 Å². The number of ether oxygens (including phenoxy) is 1. The Balaban J connectivity index is 2.05. The van der Waals surface area contributed by atoms with Crippen molar-refractivity contribution in [1.82, 2.24) is 9.55 Å². The van der Waals surface area contributed by atoms with Crippen molar-refractivity contribution in [3.63, 3.8) is 0 Å². The quantitative estimate of drug-likeness (QED) is 0.736. The number of hydrogen-bond acceptors (Lipinski definition) is 3. The fraction of sp³-hybridized carbons (Fsp3) is 0.263. The minimum absolute atomic E-state index is 0.354. The number of thiocarbonyl (C=S) groups is 1. The van der Waals surface area contributed by atoms with E-state index in [0.29, 0.717) is 17.3 Å². The Labute approximate surface area is 147 Å². The summed E-state index contributed by atoms with van der Waals surface area (Å²) in [6.07, 6.45) is 0. The highest BCUT2D eigenvalue weighted by Gasteiger charge is 2.14. The smallest absolute Gasteiger partial charge is 0.148 e. The maximum absolute atomic E-state index is 6.14. The molecule has 124 valence electrons. The summed E-state index contributed by atoms with van der Waals surface area (Å²) in [5.41, 5.74) is 12.0. The number of hydrogen-bond donors (Lipinski definition) is 1. The molecule has 0 saturated heterocycles. The highest BCUT2D eigenvalue weighted by atomic mass is 32.1. The molecule has 3 aromatic rings. The molecule has 2 aromatic carbocycles. The number of rotatable bonds is 4. The predicted molar refractivity (Wildman–Crippen MR) is 102 cm³/mol. The van der Waals surface area contributed by atoms with E-state index in [1.807, 2.05) is 30.7 Å². The Kier molecular flexibility index (Phi) is 4.28. The average Bonchev–Trinajstić information content (AvgIpc) is 2.82. The van der Waals surface area contributed by atoms with Crippen LogP contribution in [0, 0.1) is 20.8 Å². The van der Waals surface area contributed by atoms with Gasteiger partial charge in [0.2, 0.25) is 0 Å². The largest absolute Gasteiger partial charge is 0.487 e. The topological polar surface area (TPSA) is 53.1 Å². The van der Waals surface area contributed by atoms with Crippen LogP contribution < -0.4 is 10.5 Å². The summed E-state index contributed by atoms with van der Waals surface area (Å²) < 4.78 is 8.15. The average molecular weight is 339 g/mol. The minimum Gasteiger partial charge on any atom is -0.487 e. The predicted octanol–water partition coefficient (Wildman–Crippen LogP) is 3.71. The maximum Gasteiger partial charge on any atom is 0.148 e. The summed E-state index contributed by atoms with van der Waals surface area (Å²) in [4.78, 5) is 4.98. The zero-order valence-electron chi connectivity index (χ0n) is 14.4. The van der Waals surface area contributed by atoms with E-state index in [2.05, 4.69) is 37.0 Å². The molecule has 0 aliphatic heterocycles. The molecule has 0 unspecified atom stereocenters. The van der Waals surface area contributed by atoms with Crippen LogP contribution in [-0.2, 0) is 13.7 Å². The van der Waals surface area contributed by atoms with Crippen LogP contribution in [0.1, 0.15) is 28.1 Å². The van der Waals surface area contributed by atoms with E-state index in [4.69, 9.17) is 22.7 Å². The first-order chi connectivity index (χ1) is 11.4. The number of aromatic nitrogens is 2. The lowest BCUT2D eigenvalue weighted by Gasteiger charge is -2.13. The molecule has 2 N–H and O–H groups in total. The van der Waals surface area contributed by atoms with Crippen LogP contribution in [-0.4, -0.2) is 14.5 Å². The summed E-state index contributed by atoms with van der Waals surface area (Å²) in [6.45, 7) is 6.65. The molecule has 0 saturated carbocycles. The highest BCUT2D eigenvalue weighted by molar-refractivity contribution is 7.80. The molecule has 4 nitrogen and oxygen atoms in total. The number of fused-ring (bicyclic) bond motifs is 1. The Hall–Kier alpha value is -2.40. The second-order valence-corrected chi connectivity index (χ2v) is 6.52. The first-order valence-corrected chi connectivity index (χ1v) is 8.24. The van der Waals surface area contributed by atoms with Gasteiger partial charge in [-0.15, -0.1) is 0 Å². The summed E-state index contributed by atoms with van der Waals surface area (Å²) >= 11 is 5.15. The lowest BCUT2D eigenvalue weighted by molar-refractivity contribution is 0.308. The van der Waals surface area contributed by atoms with Gasteiger partial charge >= 0.3 is 0 Å². The lowest BCUT2D eigenvalue weighted by Crippen LogP contribution is -2.10. The molecule has 0 radical (unpaired) electrons. The summed E-state index contributed by atoms with van der Waals surface area (Å²) in [7, 11) is 1.98. The van der Waals surface area contributed by atoms with Crippen LogP contribution >= 0.6 is 12.2 Å². The third-order valence-electron chi connectivity index (χ3n) is 4.48. The number of benzene rings is 2. The number of imidazole rings is 1. The van der Waals surface area contributed by atoms with Crippen molar-refractivity contribution in [2.45, 2.75) is 27.4 Å². The van der Waals surface area contributed by atoms with Crippen molar-refractivity contribution >= 4 is 28.2 Å². The van der Waals surface area contributed by atoms with Gasteiger partial charge in [0.25, 0.3) is 0 Å². The van der Waals surface area contributed by atoms with Gasteiger partial charge in [-0.2, -0.15) is 0 Å². The fourth-order valence-corrected chi connectivity index (χ4v) is 2.97. The molecule has 0 amide bonds. The van der Waals surface area contributed by atoms with Crippen molar-refractivity contribution in [3.05, 3.63) is 58.4 Å². The maximum atomic E-state index is 6.14. The monoisotopic (exact) mass is 339 g/mol. The molecule has 0 aliphatic rings. The SMILES string of the molecule is Cc1cccc(C)c1COc1cc(C(N)=S)cc2c1nc(C)n2C. The Morgan fingerprint density at radius 3 is 2.50 bits per heavy atom. The summed E-state index contributed by atoms with van der Waals surface area (Å²) in [5, 5.41) is 0. The zero-order valence-corrected chi connectivity index (χ0v) is 15.2. The van der Waals surface area contributed by atoms with E-state index in [0.717, 1.165) is 22.4 Å². The van der Waals surface area contributed by atoms with Crippen LogP contribution in [0.4, 0.5) is 0 Å². The number of aryl methyl sites for hydroxylation is 4. The third kappa shape index (κ3) is 2.87. The van der Waals surface area contributed by atoms with E-state index in [-0.39, 0.29) is 0 Å². The molecule has 0 spiro atoms. The minimum atomic E-state index is 0.354. The fourth-order valence-electron chi connectivity index (χ4n) is 2.85. The van der Waals surface area contributed by atoms with Gasteiger partial charge < -0.3 is 15.0 Å². The molecule has 1 aromatic heterocycles. The number of nitrogens with two attached hydrogens (primary N) is 1. The Morgan fingerprint density at radius 2 is 1.88 bits per heavy atom. The number of nitrogens with zero attached hydrogens (tertiary/aromatic N) is 2. The van der Waals surface area contributed by atoms with Gasteiger partial charge in [0.1, 0.15) is 28.7 Å². The van der Waals surface area contributed by atoms with Crippen molar-refractivity contribution in [1.29, 1.82) is 0 Å². The highest BCUT2D eigenvalue weighted by Crippen LogP contribution is 2.29. The molecule has 0 atom stereocenters. The van der Waals surface area contributed by atoms with Crippen molar-refractivity contribution in [2.75, 3.05) is 0 Å². The van der Waals surface area contributed by atoms with Crippen LogP contribution in [0.3, 0.4) is 0 Å². The van der Waals surface area contributed by atoms with Gasteiger partial charge in [0.05, 0.1) is 5.52 Å². The van der Waals surface area contributed by atoms with Gasteiger partial charge in [-0.05, 0) is 49.6 Å². The first kappa shape index (κ1) is 16.5. The molecule has 1 heterocycles. The Morgan fingerprint density at radius 1 is 1.21 bits per heavy atom. The molecule has 0 fully saturated rings. The summed E-state index contributed by atoms with van der Waals surface area (Å²) in [5.74, 6) is 1.63. The second kappa shape index (κ2) is 6.24. The zero-order chi connectivity index (χ0) is 17.4. The molecule has 0 aliphatic carbocycles. The van der Waals surface area contributed by atoms with E-state index in [1.165, 1.54) is 16.7 Å². The molecule has 24 heavy (non-hydrogen) atoms. The van der Waals surface area contributed by atoms with Crippen molar-refractivity contribution in [3.8, 4) is 5.75 Å².